The third-order valence-electron chi connectivity index (χ3n) is 1.92. The standard InChI is InChI=1S/C10H18N4O/c1-7(2)6-14-9(4-5-12-14)13-10(15)8(3)11/h4-5,7-8H,6,11H2,1-3H3,(H,13,15)/t8-/m0/s1. The highest BCUT2D eigenvalue weighted by Gasteiger charge is 2.11. The monoisotopic (exact) mass is 210 g/mol. The fourth-order valence-corrected chi connectivity index (χ4v) is 1.17. The van der Waals surface area contributed by atoms with E-state index in [0.717, 1.165) is 6.54 Å². The quantitative estimate of drug-likeness (QED) is 0.773. The molecule has 15 heavy (non-hydrogen) atoms. The van der Waals surface area contributed by atoms with Gasteiger partial charge in [-0.05, 0) is 12.8 Å². The fraction of sp³-hybridized carbons (Fsp3) is 0.600. The molecule has 5 nitrogen and oxygen atoms in total. The smallest absolute Gasteiger partial charge is 0.242 e. The Hall–Kier alpha value is -1.36. The van der Waals surface area contributed by atoms with E-state index in [-0.39, 0.29) is 5.91 Å². The first-order chi connectivity index (χ1) is 7.00. The molecule has 1 atom stereocenters. The number of anilines is 1. The van der Waals surface area contributed by atoms with Crippen molar-refractivity contribution in [2.75, 3.05) is 5.32 Å². The summed E-state index contributed by atoms with van der Waals surface area (Å²) in [6.07, 6.45) is 1.67. The number of amides is 1. The van der Waals surface area contributed by atoms with Gasteiger partial charge in [0, 0.05) is 12.6 Å². The first kappa shape index (κ1) is 11.7. The summed E-state index contributed by atoms with van der Waals surface area (Å²) in [6.45, 7) is 6.62. The van der Waals surface area contributed by atoms with Crippen LogP contribution in [0.4, 0.5) is 5.82 Å². The summed E-state index contributed by atoms with van der Waals surface area (Å²) in [6, 6.07) is 1.26. The predicted molar refractivity (Wildman–Crippen MR) is 59.3 cm³/mol. The average molecular weight is 210 g/mol. The molecule has 1 heterocycles. The number of aromatic nitrogens is 2. The molecule has 0 aliphatic carbocycles. The van der Waals surface area contributed by atoms with Gasteiger partial charge in [-0.25, -0.2) is 4.68 Å². The molecule has 0 unspecified atom stereocenters. The van der Waals surface area contributed by atoms with Gasteiger partial charge in [-0.3, -0.25) is 4.79 Å². The third-order valence-corrected chi connectivity index (χ3v) is 1.92. The zero-order chi connectivity index (χ0) is 11.4. The highest BCUT2D eigenvalue weighted by Crippen LogP contribution is 2.09. The van der Waals surface area contributed by atoms with Crippen LogP contribution in [0.5, 0.6) is 0 Å². The van der Waals surface area contributed by atoms with Crippen molar-refractivity contribution in [3.8, 4) is 0 Å². The van der Waals surface area contributed by atoms with Crippen LogP contribution >= 0.6 is 0 Å². The minimum absolute atomic E-state index is 0.194. The van der Waals surface area contributed by atoms with Crippen molar-refractivity contribution in [2.45, 2.75) is 33.4 Å². The summed E-state index contributed by atoms with van der Waals surface area (Å²) in [7, 11) is 0. The summed E-state index contributed by atoms with van der Waals surface area (Å²) in [4.78, 5) is 11.4. The Kier molecular flexibility index (Phi) is 3.85. The Bertz CT molecular complexity index is 330. The molecule has 3 N–H and O–H groups in total. The second-order valence-electron chi connectivity index (χ2n) is 4.07. The first-order valence-electron chi connectivity index (χ1n) is 5.09. The lowest BCUT2D eigenvalue weighted by Gasteiger charge is -2.11. The lowest BCUT2D eigenvalue weighted by molar-refractivity contribution is -0.117. The highest BCUT2D eigenvalue weighted by atomic mass is 16.2. The summed E-state index contributed by atoms with van der Waals surface area (Å²) < 4.78 is 1.77. The van der Waals surface area contributed by atoms with Crippen molar-refractivity contribution in [1.82, 2.24) is 9.78 Å². The summed E-state index contributed by atoms with van der Waals surface area (Å²) in [5, 5.41) is 6.86. The maximum Gasteiger partial charge on any atom is 0.242 e. The van der Waals surface area contributed by atoms with E-state index in [4.69, 9.17) is 5.73 Å². The molecule has 5 heteroatoms. The van der Waals surface area contributed by atoms with E-state index >= 15 is 0 Å². The molecule has 0 radical (unpaired) electrons. The lowest BCUT2D eigenvalue weighted by atomic mass is 10.2. The van der Waals surface area contributed by atoms with E-state index in [9.17, 15) is 4.79 Å². The average Bonchev–Trinajstić information content (AvgIpc) is 2.51. The molecule has 84 valence electrons. The minimum Gasteiger partial charge on any atom is -0.320 e. The van der Waals surface area contributed by atoms with Gasteiger partial charge in [0.25, 0.3) is 0 Å². The Morgan fingerprint density at radius 1 is 1.60 bits per heavy atom. The number of rotatable bonds is 4. The van der Waals surface area contributed by atoms with Gasteiger partial charge < -0.3 is 11.1 Å². The van der Waals surface area contributed by atoms with Gasteiger partial charge in [0.15, 0.2) is 0 Å². The number of hydrogen-bond acceptors (Lipinski definition) is 3. The van der Waals surface area contributed by atoms with Gasteiger partial charge in [-0.1, -0.05) is 13.8 Å². The molecule has 1 aromatic rings. The van der Waals surface area contributed by atoms with E-state index in [1.54, 1.807) is 23.9 Å². The largest absolute Gasteiger partial charge is 0.320 e. The molecule has 0 aliphatic rings. The SMILES string of the molecule is CC(C)Cn1nccc1NC(=O)[C@H](C)N. The van der Waals surface area contributed by atoms with Crippen molar-refractivity contribution in [3.05, 3.63) is 12.3 Å². The zero-order valence-electron chi connectivity index (χ0n) is 9.40. The Labute approximate surface area is 89.6 Å². The summed E-state index contributed by atoms with van der Waals surface area (Å²) in [5.74, 6) is 0.988. The Balaban J connectivity index is 2.69. The number of nitrogens with two attached hydrogens (primary N) is 1. The van der Waals surface area contributed by atoms with Crippen molar-refractivity contribution in [2.24, 2.45) is 11.7 Å². The molecule has 0 saturated heterocycles. The molecule has 0 saturated carbocycles. The van der Waals surface area contributed by atoms with E-state index < -0.39 is 6.04 Å². The summed E-state index contributed by atoms with van der Waals surface area (Å²) in [5.41, 5.74) is 5.46. The van der Waals surface area contributed by atoms with Crippen molar-refractivity contribution >= 4 is 11.7 Å². The zero-order valence-corrected chi connectivity index (χ0v) is 9.40. The second-order valence-corrected chi connectivity index (χ2v) is 4.07. The molecule has 0 aromatic carbocycles. The van der Waals surface area contributed by atoms with Crippen LogP contribution in [0, 0.1) is 5.92 Å². The molecule has 1 rings (SSSR count). The Morgan fingerprint density at radius 2 is 2.27 bits per heavy atom. The van der Waals surface area contributed by atoms with E-state index in [2.05, 4.69) is 24.3 Å². The number of carbonyl (C=O) groups is 1. The van der Waals surface area contributed by atoms with Crippen LogP contribution < -0.4 is 11.1 Å². The van der Waals surface area contributed by atoms with Crippen LogP contribution in [-0.2, 0) is 11.3 Å². The van der Waals surface area contributed by atoms with Gasteiger partial charge in [0.1, 0.15) is 5.82 Å². The Morgan fingerprint density at radius 3 is 2.80 bits per heavy atom. The second kappa shape index (κ2) is 4.93. The molecular weight excluding hydrogens is 192 g/mol. The molecule has 0 aliphatic heterocycles. The molecule has 1 aromatic heterocycles. The number of hydrogen-bond donors (Lipinski definition) is 2. The predicted octanol–water partition coefficient (Wildman–Crippen LogP) is 0.825. The number of nitrogens with zero attached hydrogens (tertiary/aromatic N) is 2. The van der Waals surface area contributed by atoms with Crippen LogP contribution in [-0.4, -0.2) is 21.7 Å². The number of nitrogens with one attached hydrogen (secondary N) is 1. The maximum absolute atomic E-state index is 11.4. The number of carbonyl (C=O) groups excluding carboxylic acids is 1. The third kappa shape index (κ3) is 3.36. The van der Waals surface area contributed by atoms with Crippen LogP contribution in [0.25, 0.3) is 0 Å². The normalized spacial score (nSPS) is 12.9. The topological polar surface area (TPSA) is 72.9 Å². The first-order valence-corrected chi connectivity index (χ1v) is 5.09. The van der Waals surface area contributed by atoms with Crippen molar-refractivity contribution in [3.63, 3.8) is 0 Å². The fourth-order valence-electron chi connectivity index (χ4n) is 1.17. The van der Waals surface area contributed by atoms with Crippen molar-refractivity contribution < 1.29 is 4.79 Å². The maximum atomic E-state index is 11.4. The summed E-state index contributed by atoms with van der Waals surface area (Å²) >= 11 is 0. The van der Waals surface area contributed by atoms with Crippen molar-refractivity contribution in [1.29, 1.82) is 0 Å². The van der Waals surface area contributed by atoms with Crippen LogP contribution in [0.3, 0.4) is 0 Å². The van der Waals surface area contributed by atoms with Gasteiger partial charge in [-0.2, -0.15) is 5.10 Å². The van der Waals surface area contributed by atoms with E-state index in [0.29, 0.717) is 11.7 Å². The molecule has 0 bridgehead atoms. The highest BCUT2D eigenvalue weighted by molar-refractivity contribution is 5.93. The van der Waals surface area contributed by atoms with E-state index in [1.807, 2.05) is 0 Å². The molecule has 0 spiro atoms. The molecular formula is C10H18N4O. The van der Waals surface area contributed by atoms with Crippen LogP contribution in [0.15, 0.2) is 12.3 Å². The van der Waals surface area contributed by atoms with Gasteiger partial charge in [0.2, 0.25) is 5.91 Å². The van der Waals surface area contributed by atoms with Gasteiger partial charge in [0.05, 0.1) is 12.2 Å². The molecule has 0 fully saturated rings. The van der Waals surface area contributed by atoms with E-state index in [1.165, 1.54) is 0 Å². The van der Waals surface area contributed by atoms with Gasteiger partial charge >= 0.3 is 0 Å². The lowest BCUT2D eigenvalue weighted by Crippen LogP contribution is -2.33. The van der Waals surface area contributed by atoms with Crippen LogP contribution in [0.2, 0.25) is 0 Å². The molecule has 1 amide bonds. The van der Waals surface area contributed by atoms with Gasteiger partial charge in [-0.15, -0.1) is 0 Å². The van der Waals surface area contributed by atoms with Crippen LogP contribution in [0.1, 0.15) is 20.8 Å². The minimum atomic E-state index is -0.507.